The van der Waals surface area contributed by atoms with Gasteiger partial charge in [-0.3, -0.25) is 0 Å². The second kappa shape index (κ2) is 4.75. The topological polar surface area (TPSA) is 62.2 Å². The Balaban J connectivity index is 2.94. The lowest BCUT2D eigenvalue weighted by atomic mass is 10.2. The van der Waals surface area contributed by atoms with E-state index in [0.29, 0.717) is 0 Å². The lowest BCUT2D eigenvalue weighted by Gasteiger charge is -2.06. The van der Waals surface area contributed by atoms with Crippen molar-refractivity contribution in [2.45, 2.75) is 0 Å². The number of anilines is 1. The molecule has 0 atom stereocenters. The van der Waals surface area contributed by atoms with Crippen molar-refractivity contribution in [1.82, 2.24) is 4.98 Å². The van der Waals surface area contributed by atoms with Crippen LogP contribution in [0.15, 0.2) is 23.9 Å². The molecule has 1 aromatic heterocycles. The molecule has 0 radical (unpaired) electrons. The molecule has 2 N–H and O–H groups in total. The molecule has 15 heavy (non-hydrogen) atoms. The number of aromatic carboxylic acids is 1. The van der Waals surface area contributed by atoms with E-state index in [4.69, 9.17) is 16.7 Å². The van der Waals surface area contributed by atoms with E-state index in [1.807, 2.05) is 0 Å². The first-order valence-corrected chi connectivity index (χ1v) is 4.35. The van der Waals surface area contributed by atoms with E-state index in [1.54, 1.807) is 0 Å². The Labute approximate surface area is 90.4 Å². The predicted molar refractivity (Wildman–Crippen MR) is 54.6 cm³/mol. The number of halogens is 2. The fourth-order valence-corrected chi connectivity index (χ4v) is 0.979. The number of carbonyl (C=O) groups is 1. The first-order chi connectivity index (χ1) is 7.02. The zero-order chi connectivity index (χ0) is 11.4. The van der Waals surface area contributed by atoms with Crippen molar-refractivity contribution in [3.05, 3.63) is 35.3 Å². The van der Waals surface area contributed by atoms with Crippen LogP contribution in [0.25, 0.3) is 0 Å². The Morgan fingerprint density at radius 1 is 1.73 bits per heavy atom. The maximum absolute atomic E-state index is 13.4. The second-order valence-corrected chi connectivity index (χ2v) is 3.23. The lowest BCUT2D eigenvalue weighted by molar-refractivity contribution is 0.0692. The van der Waals surface area contributed by atoms with Gasteiger partial charge in [0.1, 0.15) is 5.56 Å². The van der Waals surface area contributed by atoms with E-state index in [2.05, 4.69) is 16.9 Å². The molecule has 6 heteroatoms. The molecule has 1 aromatic rings. The van der Waals surface area contributed by atoms with Crippen LogP contribution in [-0.4, -0.2) is 22.6 Å². The van der Waals surface area contributed by atoms with Crippen molar-refractivity contribution in [1.29, 1.82) is 0 Å². The number of carboxylic acids is 1. The highest BCUT2D eigenvalue weighted by atomic mass is 35.5. The van der Waals surface area contributed by atoms with Crippen LogP contribution in [0.1, 0.15) is 10.4 Å². The van der Waals surface area contributed by atoms with Crippen molar-refractivity contribution in [2.75, 3.05) is 11.9 Å². The summed E-state index contributed by atoms with van der Waals surface area (Å²) in [5.41, 5.74) is -0.437. The molecule has 0 saturated heterocycles. The Morgan fingerprint density at radius 3 is 2.93 bits per heavy atom. The van der Waals surface area contributed by atoms with E-state index in [9.17, 15) is 9.18 Å². The average Bonchev–Trinajstić information content (AvgIpc) is 2.15. The highest BCUT2D eigenvalue weighted by Gasteiger charge is 2.14. The molecule has 0 spiro atoms. The molecule has 0 bridgehead atoms. The third kappa shape index (κ3) is 2.92. The predicted octanol–water partition coefficient (Wildman–Crippen LogP) is 2.08. The van der Waals surface area contributed by atoms with Crippen LogP contribution in [0.4, 0.5) is 10.2 Å². The lowest BCUT2D eigenvalue weighted by Crippen LogP contribution is -2.09. The summed E-state index contributed by atoms with van der Waals surface area (Å²) in [5, 5.41) is 11.4. The van der Waals surface area contributed by atoms with Crippen molar-refractivity contribution in [3.8, 4) is 0 Å². The third-order valence-electron chi connectivity index (χ3n) is 1.57. The number of carboxylic acid groups (broad SMARTS) is 1. The van der Waals surface area contributed by atoms with Gasteiger partial charge in [-0.15, -0.1) is 0 Å². The van der Waals surface area contributed by atoms with Gasteiger partial charge in [0.05, 0.1) is 6.54 Å². The maximum Gasteiger partial charge on any atom is 0.338 e. The quantitative estimate of drug-likeness (QED) is 0.831. The van der Waals surface area contributed by atoms with Crippen LogP contribution in [0.3, 0.4) is 0 Å². The number of aromatic nitrogens is 1. The van der Waals surface area contributed by atoms with Gasteiger partial charge in [-0.05, 0) is 6.07 Å². The summed E-state index contributed by atoms with van der Waals surface area (Å²) < 4.78 is 13.4. The van der Waals surface area contributed by atoms with Crippen molar-refractivity contribution in [3.63, 3.8) is 0 Å². The molecule has 4 nitrogen and oxygen atoms in total. The SMILES string of the molecule is C=C(Cl)CNc1nccc(C(=O)O)c1F. The van der Waals surface area contributed by atoms with Crippen LogP contribution in [-0.2, 0) is 0 Å². The van der Waals surface area contributed by atoms with Gasteiger partial charge in [0.15, 0.2) is 11.6 Å². The molecular formula is C9H8ClFN2O2. The fraction of sp³-hybridized carbons (Fsp3) is 0.111. The minimum Gasteiger partial charge on any atom is -0.478 e. The molecule has 0 aliphatic carbocycles. The largest absolute Gasteiger partial charge is 0.478 e. The third-order valence-corrected chi connectivity index (χ3v) is 1.70. The highest BCUT2D eigenvalue weighted by Crippen LogP contribution is 2.15. The average molecular weight is 231 g/mol. The van der Waals surface area contributed by atoms with Crippen molar-refractivity contribution in [2.24, 2.45) is 0 Å². The Bertz CT molecular complexity index is 409. The molecule has 80 valence electrons. The van der Waals surface area contributed by atoms with Gasteiger partial charge in [0, 0.05) is 11.2 Å². The fourth-order valence-electron chi connectivity index (χ4n) is 0.912. The first kappa shape index (κ1) is 11.5. The summed E-state index contributed by atoms with van der Waals surface area (Å²) >= 11 is 5.46. The molecule has 0 aliphatic heterocycles. The monoisotopic (exact) mass is 230 g/mol. The smallest absolute Gasteiger partial charge is 0.338 e. The summed E-state index contributed by atoms with van der Waals surface area (Å²) in [6.07, 6.45) is 1.20. The van der Waals surface area contributed by atoms with E-state index < -0.39 is 17.3 Å². The molecule has 0 amide bonds. The van der Waals surface area contributed by atoms with Gasteiger partial charge < -0.3 is 10.4 Å². The standard InChI is InChI=1S/C9H8ClFN2O2/c1-5(10)4-13-8-7(11)6(9(14)15)2-3-12-8/h2-3H,1,4H2,(H,12,13)(H,14,15). The first-order valence-electron chi connectivity index (χ1n) is 3.97. The van der Waals surface area contributed by atoms with Crippen molar-refractivity contribution >= 4 is 23.4 Å². The minimum absolute atomic E-state index is 0.120. The summed E-state index contributed by atoms with van der Waals surface area (Å²) in [5.74, 6) is -2.41. The molecular weight excluding hydrogens is 223 g/mol. The molecule has 0 saturated carbocycles. The summed E-state index contributed by atoms with van der Waals surface area (Å²) in [6.45, 7) is 3.51. The zero-order valence-corrected chi connectivity index (χ0v) is 8.38. The molecule has 0 fully saturated rings. The molecule has 0 aliphatic rings. The normalized spacial score (nSPS) is 9.73. The molecule has 0 unspecified atom stereocenters. The number of hydrogen-bond acceptors (Lipinski definition) is 3. The summed E-state index contributed by atoms with van der Waals surface area (Å²) in [6, 6.07) is 1.08. The number of nitrogens with zero attached hydrogens (tertiary/aromatic N) is 1. The van der Waals surface area contributed by atoms with E-state index in [0.717, 1.165) is 6.07 Å². The Kier molecular flexibility index (Phi) is 3.62. The van der Waals surface area contributed by atoms with Crippen LogP contribution < -0.4 is 5.32 Å². The number of nitrogens with one attached hydrogen (secondary N) is 1. The van der Waals surface area contributed by atoms with Crippen molar-refractivity contribution < 1.29 is 14.3 Å². The number of pyridine rings is 1. The van der Waals surface area contributed by atoms with Gasteiger partial charge >= 0.3 is 5.97 Å². The van der Waals surface area contributed by atoms with Gasteiger partial charge in [0.2, 0.25) is 0 Å². The van der Waals surface area contributed by atoms with Gasteiger partial charge in [0.25, 0.3) is 0 Å². The van der Waals surface area contributed by atoms with Gasteiger partial charge in [-0.1, -0.05) is 18.2 Å². The van der Waals surface area contributed by atoms with Gasteiger partial charge in [-0.25, -0.2) is 14.2 Å². The van der Waals surface area contributed by atoms with Crippen LogP contribution in [0.5, 0.6) is 0 Å². The molecule has 1 rings (SSSR count). The van der Waals surface area contributed by atoms with E-state index >= 15 is 0 Å². The minimum atomic E-state index is -1.34. The highest BCUT2D eigenvalue weighted by molar-refractivity contribution is 6.29. The summed E-state index contributed by atoms with van der Waals surface area (Å²) in [7, 11) is 0. The Morgan fingerprint density at radius 2 is 2.40 bits per heavy atom. The number of hydrogen-bond donors (Lipinski definition) is 2. The Hall–Kier alpha value is -1.62. The van der Waals surface area contributed by atoms with E-state index in [-0.39, 0.29) is 17.4 Å². The maximum atomic E-state index is 13.4. The van der Waals surface area contributed by atoms with Crippen LogP contribution in [0, 0.1) is 5.82 Å². The van der Waals surface area contributed by atoms with Gasteiger partial charge in [-0.2, -0.15) is 0 Å². The van der Waals surface area contributed by atoms with E-state index in [1.165, 1.54) is 6.20 Å². The second-order valence-electron chi connectivity index (χ2n) is 2.70. The summed E-state index contributed by atoms with van der Waals surface area (Å²) in [4.78, 5) is 14.2. The van der Waals surface area contributed by atoms with Crippen LogP contribution >= 0.6 is 11.6 Å². The number of rotatable bonds is 4. The molecule has 0 aromatic carbocycles. The molecule has 1 heterocycles. The zero-order valence-electron chi connectivity index (χ0n) is 7.63. The van der Waals surface area contributed by atoms with Crippen LogP contribution in [0.2, 0.25) is 0 Å².